The van der Waals surface area contributed by atoms with E-state index < -0.39 is 0 Å². The second-order valence-electron chi connectivity index (χ2n) is 6.23. The molecule has 0 radical (unpaired) electrons. The Kier molecular flexibility index (Phi) is 4.08. The fourth-order valence-electron chi connectivity index (χ4n) is 3.55. The summed E-state index contributed by atoms with van der Waals surface area (Å²) in [6.45, 7) is 4.53. The molecule has 126 valence electrons. The van der Waals surface area contributed by atoms with Crippen molar-refractivity contribution in [2.45, 2.75) is 38.6 Å². The van der Waals surface area contributed by atoms with Gasteiger partial charge < -0.3 is 10.1 Å². The van der Waals surface area contributed by atoms with Crippen molar-refractivity contribution in [1.29, 1.82) is 0 Å². The average molecular weight is 325 g/mol. The van der Waals surface area contributed by atoms with Crippen LogP contribution in [0.4, 0.5) is 0 Å². The fraction of sp³-hybridized carbons (Fsp3) is 0.444. The van der Waals surface area contributed by atoms with Crippen molar-refractivity contribution in [2.75, 3.05) is 6.61 Å². The van der Waals surface area contributed by atoms with Crippen molar-refractivity contribution >= 4 is 10.9 Å². The third kappa shape index (κ3) is 2.61. The van der Waals surface area contributed by atoms with Gasteiger partial charge in [-0.3, -0.25) is 9.36 Å². The van der Waals surface area contributed by atoms with E-state index in [-0.39, 0.29) is 12.1 Å². The third-order valence-electron chi connectivity index (χ3n) is 4.81. The molecule has 0 unspecified atom stereocenters. The summed E-state index contributed by atoms with van der Waals surface area (Å²) >= 11 is 0. The molecule has 1 aliphatic rings. The summed E-state index contributed by atoms with van der Waals surface area (Å²) in [6.07, 6.45) is 2.88. The molecular formula is C18H23N5O. The predicted octanol–water partition coefficient (Wildman–Crippen LogP) is 2.41. The number of hydrogen-bond donors (Lipinski definition) is 1. The van der Waals surface area contributed by atoms with Gasteiger partial charge in [0, 0.05) is 44.4 Å². The number of nitrogens with zero attached hydrogens (tertiary/aromatic N) is 4. The summed E-state index contributed by atoms with van der Waals surface area (Å²) in [4.78, 5) is 0. The molecule has 1 aliphatic heterocycles. The van der Waals surface area contributed by atoms with Gasteiger partial charge in [-0.1, -0.05) is 18.2 Å². The quantitative estimate of drug-likeness (QED) is 0.783. The molecule has 1 saturated heterocycles. The monoisotopic (exact) mass is 325 g/mol. The minimum Gasteiger partial charge on any atom is -0.370 e. The number of benzene rings is 1. The van der Waals surface area contributed by atoms with Crippen molar-refractivity contribution in [3.63, 3.8) is 0 Å². The van der Waals surface area contributed by atoms with Gasteiger partial charge in [-0.2, -0.15) is 10.2 Å². The summed E-state index contributed by atoms with van der Waals surface area (Å²) in [5, 5.41) is 13.9. The molecule has 24 heavy (non-hydrogen) atoms. The van der Waals surface area contributed by atoms with Crippen LogP contribution in [0.2, 0.25) is 0 Å². The van der Waals surface area contributed by atoms with Gasteiger partial charge in [0.05, 0.1) is 16.9 Å². The van der Waals surface area contributed by atoms with Gasteiger partial charge in [0.2, 0.25) is 0 Å². The van der Waals surface area contributed by atoms with Crippen LogP contribution >= 0.6 is 0 Å². The summed E-state index contributed by atoms with van der Waals surface area (Å²) in [7, 11) is 1.96. The van der Waals surface area contributed by atoms with Gasteiger partial charge in [-0.15, -0.1) is 0 Å². The first-order chi connectivity index (χ1) is 11.8. The Morgan fingerprint density at radius 1 is 1.29 bits per heavy atom. The third-order valence-corrected chi connectivity index (χ3v) is 4.81. The molecule has 6 heteroatoms. The maximum absolute atomic E-state index is 5.94. The van der Waals surface area contributed by atoms with E-state index in [0.29, 0.717) is 0 Å². The van der Waals surface area contributed by atoms with Gasteiger partial charge in [0.1, 0.15) is 6.10 Å². The highest BCUT2D eigenvalue weighted by atomic mass is 16.5. The zero-order valence-corrected chi connectivity index (χ0v) is 14.1. The van der Waals surface area contributed by atoms with E-state index in [0.717, 1.165) is 37.5 Å². The number of aryl methyl sites for hydroxylation is 2. The van der Waals surface area contributed by atoms with E-state index in [1.165, 1.54) is 10.9 Å². The maximum atomic E-state index is 5.94. The number of ether oxygens (including phenoxy) is 1. The molecule has 0 aliphatic carbocycles. The van der Waals surface area contributed by atoms with E-state index in [4.69, 9.17) is 9.84 Å². The molecule has 1 aromatic carbocycles. The lowest BCUT2D eigenvalue weighted by atomic mass is 10.1. The van der Waals surface area contributed by atoms with Gasteiger partial charge in [-0.05, 0) is 25.5 Å². The maximum Gasteiger partial charge on any atom is 0.114 e. The second-order valence-corrected chi connectivity index (χ2v) is 6.23. The van der Waals surface area contributed by atoms with Crippen molar-refractivity contribution in [3.05, 3.63) is 47.9 Å². The SMILES string of the molecule is CCn1nc(CN[C@H]2CCO[C@@H]2c2ccnn2C)c2ccccc21. The highest BCUT2D eigenvalue weighted by Gasteiger charge is 2.31. The molecule has 0 amide bonds. The predicted molar refractivity (Wildman–Crippen MR) is 92.6 cm³/mol. The van der Waals surface area contributed by atoms with Crippen LogP contribution in [0.15, 0.2) is 36.5 Å². The Morgan fingerprint density at radius 2 is 2.17 bits per heavy atom. The van der Waals surface area contributed by atoms with Gasteiger partial charge in [-0.25, -0.2) is 0 Å². The van der Waals surface area contributed by atoms with E-state index >= 15 is 0 Å². The van der Waals surface area contributed by atoms with Crippen molar-refractivity contribution in [1.82, 2.24) is 24.9 Å². The summed E-state index contributed by atoms with van der Waals surface area (Å²) in [5.74, 6) is 0. The zero-order valence-electron chi connectivity index (χ0n) is 14.1. The highest BCUT2D eigenvalue weighted by molar-refractivity contribution is 5.81. The molecule has 1 fully saturated rings. The van der Waals surface area contributed by atoms with E-state index in [9.17, 15) is 0 Å². The summed E-state index contributed by atoms with van der Waals surface area (Å²) < 4.78 is 9.90. The van der Waals surface area contributed by atoms with Crippen LogP contribution in [0.5, 0.6) is 0 Å². The van der Waals surface area contributed by atoms with Crippen LogP contribution in [0.25, 0.3) is 10.9 Å². The lowest BCUT2D eigenvalue weighted by Gasteiger charge is -2.19. The molecule has 2 atom stereocenters. The Bertz CT molecular complexity index is 837. The van der Waals surface area contributed by atoms with E-state index in [1.54, 1.807) is 0 Å². The number of rotatable bonds is 5. The molecule has 3 heterocycles. The van der Waals surface area contributed by atoms with Crippen LogP contribution in [0.3, 0.4) is 0 Å². The highest BCUT2D eigenvalue weighted by Crippen LogP contribution is 2.29. The molecule has 2 aromatic heterocycles. The topological polar surface area (TPSA) is 56.9 Å². The number of hydrogen-bond acceptors (Lipinski definition) is 4. The van der Waals surface area contributed by atoms with E-state index in [1.807, 2.05) is 24.0 Å². The Balaban J connectivity index is 1.54. The number of nitrogens with one attached hydrogen (secondary N) is 1. The molecule has 0 saturated carbocycles. The van der Waals surface area contributed by atoms with Crippen LogP contribution < -0.4 is 5.32 Å². The average Bonchev–Trinajstić information content (AvgIpc) is 3.31. The Labute approximate surface area is 141 Å². The molecule has 6 nitrogen and oxygen atoms in total. The van der Waals surface area contributed by atoms with Crippen LogP contribution in [-0.2, 0) is 24.9 Å². The Morgan fingerprint density at radius 3 is 2.96 bits per heavy atom. The van der Waals surface area contributed by atoms with E-state index in [2.05, 4.69) is 46.3 Å². The first-order valence-corrected chi connectivity index (χ1v) is 8.55. The standard InChI is InChI=1S/C18H23N5O/c1-3-23-16-7-5-4-6-13(16)15(21-23)12-19-14-9-11-24-18(14)17-8-10-20-22(17)2/h4-8,10,14,18-19H,3,9,11-12H2,1-2H3/t14-,18-/m0/s1. The number of aromatic nitrogens is 4. The smallest absolute Gasteiger partial charge is 0.114 e. The van der Waals surface area contributed by atoms with Gasteiger partial charge in [0.15, 0.2) is 0 Å². The van der Waals surface area contributed by atoms with Gasteiger partial charge >= 0.3 is 0 Å². The molecular weight excluding hydrogens is 302 g/mol. The number of fused-ring (bicyclic) bond motifs is 1. The molecule has 4 rings (SSSR count). The molecule has 1 N–H and O–H groups in total. The molecule has 0 spiro atoms. The number of para-hydroxylation sites is 1. The normalized spacial score (nSPS) is 20.9. The molecule has 3 aromatic rings. The summed E-state index contributed by atoms with van der Waals surface area (Å²) in [5.41, 5.74) is 3.42. The largest absolute Gasteiger partial charge is 0.370 e. The first-order valence-electron chi connectivity index (χ1n) is 8.55. The minimum atomic E-state index is 0.0528. The minimum absolute atomic E-state index is 0.0528. The van der Waals surface area contributed by atoms with Crippen molar-refractivity contribution in [2.24, 2.45) is 7.05 Å². The lowest BCUT2D eigenvalue weighted by Crippen LogP contribution is -2.32. The van der Waals surface area contributed by atoms with Crippen LogP contribution in [-0.4, -0.2) is 32.2 Å². The van der Waals surface area contributed by atoms with Crippen LogP contribution in [0, 0.1) is 0 Å². The van der Waals surface area contributed by atoms with Crippen molar-refractivity contribution in [3.8, 4) is 0 Å². The van der Waals surface area contributed by atoms with Gasteiger partial charge in [0.25, 0.3) is 0 Å². The molecule has 0 bridgehead atoms. The second kappa shape index (κ2) is 6.37. The Hall–Kier alpha value is -2.18. The van der Waals surface area contributed by atoms with Crippen LogP contribution in [0.1, 0.15) is 30.8 Å². The summed E-state index contributed by atoms with van der Waals surface area (Å²) in [6, 6.07) is 10.7. The zero-order chi connectivity index (χ0) is 16.5. The first kappa shape index (κ1) is 15.4. The van der Waals surface area contributed by atoms with Crippen molar-refractivity contribution < 1.29 is 4.74 Å². The fourth-order valence-corrected chi connectivity index (χ4v) is 3.55. The lowest BCUT2D eigenvalue weighted by molar-refractivity contribution is 0.0919.